The summed E-state index contributed by atoms with van der Waals surface area (Å²) in [6, 6.07) is 8.65. The second-order valence-electron chi connectivity index (χ2n) is 8.98. The average Bonchev–Trinajstić information content (AvgIpc) is 2.85. The van der Waals surface area contributed by atoms with Crippen LogP contribution in [0.3, 0.4) is 0 Å². The van der Waals surface area contributed by atoms with Crippen LogP contribution < -0.4 is 5.32 Å². The number of hydrogen-bond donors (Lipinski definition) is 1. The summed E-state index contributed by atoms with van der Waals surface area (Å²) < 4.78 is 37.4. The molecule has 0 bridgehead atoms. The lowest BCUT2D eigenvalue weighted by atomic mass is 9.80. The first-order valence-corrected chi connectivity index (χ1v) is 11.8. The maximum absolute atomic E-state index is 12.8. The van der Waals surface area contributed by atoms with Gasteiger partial charge in [-0.2, -0.15) is 13.2 Å². The molecule has 1 aromatic heterocycles. The van der Waals surface area contributed by atoms with Crippen LogP contribution in [0.4, 0.5) is 24.8 Å². The number of halogens is 4. The molecule has 2 heterocycles. The Balaban J connectivity index is 1.35. The summed E-state index contributed by atoms with van der Waals surface area (Å²) >= 11 is 6.04. The summed E-state index contributed by atoms with van der Waals surface area (Å²) in [6.45, 7) is 2.57. The minimum Gasteiger partial charge on any atom is -0.339 e. The number of benzene rings is 1. The molecule has 11 heteroatoms. The van der Waals surface area contributed by atoms with E-state index in [-0.39, 0.29) is 37.5 Å². The van der Waals surface area contributed by atoms with Gasteiger partial charge in [0.15, 0.2) is 0 Å². The van der Waals surface area contributed by atoms with E-state index in [4.69, 9.17) is 11.6 Å². The Bertz CT molecular complexity index is 1190. The molecule has 1 N–H and O–H groups in total. The maximum atomic E-state index is 12.8. The molecule has 7 nitrogen and oxygen atoms in total. The molecule has 36 heavy (non-hydrogen) atoms. The summed E-state index contributed by atoms with van der Waals surface area (Å²) in [5, 5.41) is 3.84. The predicted molar refractivity (Wildman–Crippen MR) is 130 cm³/mol. The quantitative estimate of drug-likeness (QED) is 0.614. The SMILES string of the molecule is CC1(c2ccnc(Nc3ccc(C(=O)N4CCN(C(=O)CC(F)(F)F)CC4)cc3)n2)C=CC(Cl)=CC1. The Morgan fingerprint density at radius 2 is 1.75 bits per heavy atom. The van der Waals surface area contributed by atoms with Gasteiger partial charge in [0.2, 0.25) is 11.9 Å². The highest BCUT2D eigenvalue weighted by Gasteiger charge is 2.35. The van der Waals surface area contributed by atoms with Crippen molar-refractivity contribution in [2.24, 2.45) is 0 Å². The highest BCUT2D eigenvalue weighted by Crippen LogP contribution is 2.33. The molecule has 1 fully saturated rings. The average molecular weight is 520 g/mol. The minimum atomic E-state index is -4.54. The molecule has 2 aromatic rings. The number of rotatable bonds is 5. The van der Waals surface area contributed by atoms with Gasteiger partial charge in [0.1, 0.15) is 6.42 Å². The van der Waals surface area contributed by atoms with E-state index in [2.05, 4.69) is 22.2 Å². The molecule has 0 saturated carbocycles. The largest absolute Gasteiger partial charge is 0.397 e. The lowest BCUT2D eigenvalue weighted by Gasteiger charge is -2.35. The Kier molecular flexibility index (Phi) is 7.35. The third-order valence-corrected chi connectivity index (χ3v) is 6.51. The van der Waals surface area contributed by atoms with Crippen LogP contribution in [0.2, 0.25) is 0 Å². The zero-order valence-corrected chi connectivity index (χ0v) is 20.3. The Morgan fingerprint density at radius 1 is 1.08 bits per heavy atom. The second kappa shape index (κ2) is 10.3. The van der Waals surface area contributed by atoms with Crippen LogP contribution in [0.15, 0.2) is 59.8 Å². The van der Waals surface area contributed by atoms with Gasteiger partial charge < -0.3 is 15.1 Å². The summed E-state index contributed by atoms with van der Waals surface area (Å²) in [4.78, 5) is 36.2. The number of allylic oxidation sites excluding steroid dienone is 4. The van der Waals surface area contributed by atoms with E-state index in [0.29, 0.717) is 22.2 Å². The van der Waals surface area contributed by atoms with Crippen LogP contribution in [0.5, 0.6) is 0 Å². The number of nitrogens with zero attached hydrogens (tertiary/aromatic N) is 4. The molecule has 0 radical (unpaired) electrons. The van der Waals surface area contributed by atoms with Crippen molar-refractivity contribution >= 4 is 35.1 Å². The van der Waals surface area contributed by atoms with Crippen molar-refractivity contribution in [3.63, 3.8) is 0 Å². The van der Waals surface area contributed by atoms with Crippen LogP contribution >= 0.6 is 11.6 Å². The number of hydrogen-bond acceptors (Lipinski definition) is 5. The van der Waals surface area contributed by atoms with E-state index in [1.807, 2.05) is 24.3 Å². The first-order valence-electron chi connectivity index (χ1n) is 11.4. The van der Waals surface area contributed by atoms with E-state index in [1.165, 1.54) is 4.90 Å². The second-order valence-corrected chi connectivity index (χ2v) is 9.41. The summed E-state index contributed by atoms with van der Waals surface area (Å²) in [7, 11) is 0. The zero-order chi connectivity index (χ0) is 25.9. The highest BCUT2D eigenvalue weighted by atomic mass is 35.5. The van der Waals surface area contributed by atoms with E-state index >= 15 is 0 Å². The van der Waals surface area contributed by atoms with Gasteiger partial charge in [-0.05, 0) is 42.8 Å². The van der Waals surface area contributed by atoms with Gasteiger partial charge in [-0.1, -0.05) is 30.7 Å². The molecule has 1 aliphatic heterocycles. The van der Waals surface area contributed by atoms with Crippen LogP contribution in [-0.2, 0) is 10.2 Å². The molecular weight excluding hydrogens is 495 g/mol. The number of aromatic nitrogens is 2. The third-order valence-electron chi connectivity index (χ3n) is 6.23. The molecule has 1 atom stereocenters. The lowest BCUT2D eigenvalue weighted by molar-refractivity contribution is -0.162. The van der Waals surface area contributed by atoms with E-state index in [9.17, 15) is 22.8 Å². The molecule has 1 saturated heterocycles. The first-order chi connectivity index (χ1) is 17.0. The van der Waals surface area contributed by atoms with Crippen LogP contribution in [0.1, 0.15) is 35.8 Å². The maximum Gasteiger partial charge on any atom is 0.397 e. The van der Waals surface area contributed by atoms with Crippen molar-refractivity contribution in [2.75, 3.05) is 31.5 Å². The molecule has 1 aromatic carbocycles. The fraction of sp³-hybridized carbons (Fsp3) is 0.360. The predicted octanol–water partition coefficient (Wildman–Crippen LogP) is 4.80. The summed E-state index contributed by atoms with van der Waals surface area (Å²) in [5.41, 5.74) is 1.68. The minimum absolute atomic E-state index is 0.0735. The van der Waals surface area contributed by atoms with Gasteiger partial charge in [0.05, 0.1) is 5.69 Å². The lowest BCUT2D eigenvalue weighted by Crippen LogP contribution is -2.51. The number of carbonyl (C=O) groups is 2. The number of amides is 2. The molecule has 4 rings (SSSR count). The normalized spacial score (nSPS) is 20.2. The van der Waals surface area contributed by atoms with Crippen LogP contribution in [0.25, 0.3) is 0 Å². The van der Waals surface area contributed by atoms with Gasteiger partial charge in [-0.3, -0.25) is 9.59 Å². The van der Waals surface area contributed by atoms with E-state index < -0.39 is 18.5 Å². The Labute approximate surface area is 211 Å². The Morgan fingerprint density at radius 3 is 2.36 bits per heavy atom. The number of anilines is 2. The molecule has 0 spiro atoms. The fourth-order valence-electron chi connectivity index (χ4n) is 4.09. The van der Waals surface area contributed by atoms with Crippen molar-refractivity contribution in [3.8, 4) is 0 Å². The number of nitrogens with one attached hydrogen (secondary N) is 1. The van der Waals surface area contributed by atoms with Crippen molar-refractivity contribution in [3.05, 3.63) is 71.0 Å². The van der Waals surface area contributed by atoms with Crippen molar-refractivity contribution in [2.45, 2.75) is 31.4 Å². The molecular formula is C25H25ClF3N5O2. The molecule has 1 unspecified atom stereocenters. The zero-order valence-electron chi connectivity index (χ0n) is 19.6. The third kappa shape index (κ3) is 6.23. The van der Waals surface area contributed by atoms with Crippen molar-refractivity contribution < 1.29 is 22.8 Å². The topological polar surface area (TPSA) is 78.4 Å². The van der Waals surface area contributed by atoms with Gasteiger partial charge in [-0.25, -0.2) is 9.97 Å². The molecule has 2 amide bonds. The number of alkyl halides is 3. The number of piperazine rings is 1. The first kappa shape index (κ1) is 25.7. The summed E-state index contributed by atoms with van der Waals surface area (Å²) in [6.07, 6.45) is 2.21. The smallest absolute Gasteiger partial charge is 0.339 e. The fourth-order valence-corrected chi connectivity index (χ4v) is 4.23. The Hall–Kier alpha value is -3.40. The number of carbonyl (C=O) groups excluding carboxylic acids is 2. The van der Waals surface area contributed by atoms with E-state index in [1.54, 1.807) is 30.5 Å². The van der Waals surface area contributed by atoms with E-state index in [0.717, 1.165) is 17.0 Å². The van der Waals surface area contributed by atoms with Gasteiger partial charge in [-0.15, -0.1) is 0 Å². The molecule has 1 aliphatic carbocycles. The van der Waals surface area contributed by atoms with Gasteiger partial charge >= 0.3 is 6.18 Å². The molecule has 2 aliphatic rings. The van der Waals surface area contributed by atoms with Gasteiger partial charge in [0, 0.05) is 54.1 Å². The monoisotopic (exact) mass is 519 g/mol. The molecule has 190 valence electrons. The van der Waals surface area contributed by atoms with Crippen molar-refractivity contribution in [1.82, 2.24) is 19.8 Å². The van der Waals surface area contributed by atoms with Crippen LogP contribution in [-0.4, -0.2) is 63.9 Å². The van der Waals surface area contributed by atoms with Crippen molar-refractivity contribution in [1.29, 1.82) is 0 Å². The standard InChI is InChI=1S/C25H25ClF3N5O2/c1-24(9-6-18(26)7-10-24)20-8-11-30-23(32-20)31-19-4-2-17(3-5-19)22(36)34-14-12-33(13-15-34)21(35)16-25(27,28)29/h2-9,11H,10,12-16H2,1H3,(H,30,31,32). The summed E-state index contributed by atoms with van der Waals surface area (Å²) in [5.74, 6) is -0.793. The van der Waals surface area contributed by atoms with Crippen LogP contribution in [0, 0.1) is 0 Å². The van der Waals surface area contributed by atoms with Gasteiger partial charge in [0.25, 0.3) is 5.91 Å². The highest BCUT2D eigenvalue weighted by molar-refractivity contribution is 6.31.